The van der Waals surface area contributed by atoms with E-state index < -0.39 is 0 Å². The maximum atomic E-state index is 13.6. The van der Waals surface area contributed by atoms with Gasteiger partial charge in [-0.25, -0.2) is 4.39 Å². The van der Waals surface area contributed by atoms with E-state index in [1.807, 2.05) is 6.07 Å². The minimum Gasteiger partial charge on any atom is -0.371 e. The molecule has 1 aromatic rings. The second-order valence-electron chi connectivity index (χ2n) is 6.18. The van der Waals surface area contributed by atoms with Gasteiger partial charge in [-0.15, -0.1) is 0 Å². The van der Waals surface area contributed by atoms with Gasteiger partial charge in [0.05, 0.1) is 0 Å². The number of anilines is 1. The smallest absolute Gasteiger partial charge is 0.123 e. The topological polar surface area (TPSA) is 15.3 Å². The van der Waals surface area contributed by atoms with Crippen LogP contribution in [0.3, 0.4) is 0 Å². The van der Waals surface area contributed by atoms with E-state index in [0.717, 1.165) is 25.2 Å². The van der Waals surface area contributed by atoms with Gasteiger partial charge in [0, 0.05) is 31.4 Å². The summed E-state index contributed by atoms with van der Waals surface area (Å²) in [4.78, 5) is 2.46. The molecule has 1 N–H and O–H groups in total. The predicted octanol–water partition coefficient (Wildman–Crippen LogP) is 3.85. The minimum atomic E-state index is -0.117. The predicted molar refractivity (Wildman–Crippen MR) is 81.6 cm³/mol. The van der Waals surface area contributed by atoms with Crippen molar-refractivity contribution in [3.8, 4) is 0 Å². The number of nitrogens with one attached hydrogen (secondary N) is 1. The first-order chi connectivity index (χ1) is 9.83. The molecule has 3 heteroatoms. The molecule has 110 valence electrons. The first-order valence-electron chi connectivity index (χ1n) is 8.10. The van der Waals surface area contributed by atoms with Crippen LogP contribution in [0, 0.1) is 5.82 Å². The summed E-state index contributed by atoms with van der Waals surface area (Å²) in [5.41, 5.74) is 2.36. The van der Waals surface area contributed by atoms with Crippen LogP contribution in [0.15, 0.2) is 18.2 Å². The van der Waals surface area contributed by atoms with Gasteiger partial charge in [0.1, 0.15) is 5.82 Å². The Hall–Kier alpha value is -1.09. The van der Waals surface area contributed by atoms with E-state index in [1.165, 1.54) is 50.6 Å². The molecular formula is C17H25FN2. The highest BCUT2D eigenvalue weighted by Crippen LogP contribution is 2.26. The number of benzene rings is 1. The van der Waals surface area contributed by atoms with Crippen molar-refractivity contribution in [1.29, 1.82) is 0 Å². The van der Waals surface area contributed by atoms with Gasteiger partial charge in [0.15, 0.2) is 0 Å². The fourth-order valence-corrected chi connectivity index (χ4v) is 3.03. The van der Waals surface area contributed by atoms with E-state index in [4.69, 9.17) is 0 Å². The van der Waals surface area contributed by atoms with Crippen LogP contribution in [-0.2, 0) is 6.54 Å². The van der Waals surface area contributed by atoms with Crippen LogP contribution in [-0.4, -0.2) is 19.1 Å². The minimum absolute atomic E-state index is 0.117. The fraction of sp³-hybridized carbons (Fsp3) is 0.647. The van der Waals surface area contributed by atoms with Crippen molar-refractivity contribution in [2.24, 2.45) is 0 Å². The zero-order valence-electron chi connectivity index (χ0n) is 12.2. The monoisotopic (exact) mass is 276 g/mol. The summed E-state index contributed by atoms with van der Waals surface area (Å²) >= 11 is 0. The Morgan fingerprint density at radius 2 is 1.75 bits per heavy atom. The van der Waals surface area contributed by atoms with Gasteiger partial charge >= 0.3 is 0 Å². The lowest BCUT2D eigenvalue weighted by Gasteiger charge is -2.29. The zero-order chi connectivity index (χ0) is 13.8. The van der Waals surface area contributed by atoms with Crippen molar-refractivity contribution in [3.63, 3.8) is 0 Å². The molecule has 1 aromatic carbocycles. The Balaban J connectivity index is 1.74. The first kappa shape index (κ1) is 13.9. The van der Waals surface area contributed by atoms with Crippen LogP contribution in [0.1, 0.15) is 50.5 Å². The van der Waals surface area contributed by atoms with E-state index in [0.29, 0.717) is 6.04 Å². The summed E-state index contributed by atoms with van der Waals surface area (Å²) < 4.78 is 13.6. The van der Waals surface area contributed by atoms with E-state index in [-0.39, 0.29) is 5.82 Å². The summed E-state index contributed by atoms with van der Waals surface area (Å²) in [6, 6.07) is 5.96. The normalized spacial score (nSPS) is 20.6. The number of hydrogen-bond donors (Lipinski definition) is 1. The molecule has 0 unspecified atom stereocenters. The molecule has 0 amide bonds. The fourth-order valence-electron chi connectivity index (χ4n) is 3.03. The second-order valence-corrected chi connectivity index (χ2v) is 6.18. The van der Waals surface area contributed by atoms with Gasteiger partial charge in [-0.1, -0.05) is 19.3 Å². The van der Waals surface area contributed by atoms with Crippen molar-refractivity contribution in [2.75, 3.05) is 18.0 Å². The molecular weight excluding hydrogens is 251 g/mol. The Labute approximate surface area is 121 Å². The first-order valence-corrected chi connectivity index (χ1v) is 8.10. The molecule has 0 bridgehead atoms. The van der Waals surface area contributed by atoms with Gasteiger partial charge in [-0.05, 0) is 49.4 Å². The Morgan fingerprint density at radius 1 is 1.05 bits per heavy atom. The SMILES string of the molecule is Fc1ccc(N2CCCCCCC2)c(CNC2CC2)c1. The Morgan fingerprint density at radius 3 is 2.45 bits per heavy atom. The lowest BCUT2D eigenvalue weighted by Crippen LogP contribution is -2.29. The molecule has 2 nitrogen and oxygen atoms in total. The maximum Gasteiger partial charge on any atom is 0.123 e. The largest absolute Gasteiger partial charge is 0.371 e. The molecule has 2 aliphatic rings. The molecule has 0 aromatic heterocycles. The van der Waals surface area contributed by atoms with Crippen molar-refractivity contribution in [1.82, 2.24) is 5.32 Å². The summed E-state index contributed by atoms with van der Waals surface area (Å²) in [5.74, 6) is -0.117. The third-order valence-corrected chi connectivity index (χ3v) is 4.40. The molecule has 1 heterocycles. The Kier molecular flexibility index (Phi) is 4.56. The van der Waals surface area contributed by atoms with Crippen LogP contribution in [0.5, 0.6) is 0 Å². The van der Waals surface area contributed by atoms with E-state index in [9.17, 15) is 4.39 Å². The number of nitrogens with zero attached hydrogens (tertiary/aromatic N) is 1. The quantitative estimate of drug-likeness (QED) is 0.898. The highest BCUT2D eigenvalue weighted by molar-refractivity contribution is 5.54. The molecule has 1 saturated carbocycles. The molecule has 2 fully saturated rings. The van der Waals surface area contributed by atoms with Crippen LogP contribution in [0.25, 0.3) is 0 Å². The van der Waals surface area contributed by atoms with Crippen LogP contribution < -0.4 is 10.2 Å². The van der Waals surface area contributed by atoms with Gasteiger partial charge in [-0.2, -0.15) is 0 Å². The molecule has 0 radical (unpaired) electrons. The van der Waals surface area contributed by atoms with Crippen molar-refractivity contribution in [3.05, 3.63) is 29.6 Å². The molecule has 1 saturated heterocycles. The van der Waals surface area contributed by atoms with Crippen molar-refractivity contribution < 1.29 is 4.39 Å². The highest BCUT2D eigenvalue weighted by atomic mass is 19.1. The van der Waals surface area contributed by atoms with E-state index in [2.05, 4.69) is 10.2 Å². The molecule has 20 heavy (non-hydrogen) atoms. The van der Waals surface area contributed by atoms with E-state index >= 15 is 0 Å². The summed E-state index contributed by atoms with van der Waals surface area (Å²) in [6.45, 7) is 3.03. The lowest BCUT2D eigenvalue weighted by atomic mass is 10.1. The number of rotatable bonds is 4. The zero-order valence-corrected chi connectivity index (χ0v) is 12.2. The van der Waals surface area contributed by atoms with Gasteiger partial charge in [0.25, 0.3) is 0 Å². The van der Waals surface area contributed by atoms with Crippen molar-refractivity contribution in [2.45, 2.75) is 57.5 Å². The molecule has 3 rings (SSSR count). The van der Waals surface area contributed by atoms with Crippen molar-refractivity contribution >= 4 is 5.69 Å². The third kappa shape index (κ3) is 3.72. The summed E-state index contributed by atoms with van der Waals surface area (Å²) in [6.07, 6.45) is 9.08. The van der Waals surface area contributed by atoms with E-state index in [1.54, 1.807) is 12.1 Å². The van der Waals surface area contributed by atoms with Gasteiger partial charge in [-0.3, -0.25) is 0 Å². The molecule has 0 spiro atoms. The maximum absolute atomic E-state index is 13.6. The van der Waals surface area contributed by atoms with Gasteiger partial charge < -0.3 is 10.2 Å². The second kappa shape index (κ2) is 6.57. The van der Waals surface area contributed by atoms with Crippen LogP contribution in [0.2, 0.25) is 0 Å². The van der Waals surface area contributed by atoms with Crippen LogP contribution in [0.4, 0.5) is 10.1 Å². The average Bonchev–Trinajstić information content (AvgIpc) is 3.21. The molecule has 0 atom stereocenters. The summed E-state index contributed by atoms with van der Waals surface area (Å²) in [7, 11) is 0. The molecule has 1 aliphatic carbocycles. The average molecular weight is 276 g/mol. The van der Waals surface area contributed by atoms with Crippen LogP contribution >= 0.6 is 0 Å². The standard InChI is InChI=1S/C17H25FN2/c18-15-6-9-17(14(12-15)13-19-16-7-8-16)20-10-4-2-1-3-5-11-20/h6,9,12,16,19H,1-5,7-8,10-11,13H2. The summed E-state index contributed by atoms with van der Waals surface area (Å²) in [5, 5.41) is 3.51. The molecule has 1 aliphatic heterocycles. The van der Waals surface area contributed by atoms with Gasteiger partial charge in [0.2, 0.25) is 0 Å². The highest BCUT2D eigenvalue weighted by Gasteiger charge is 2.21. The third-order valence-electron chi connectivity index (χ3n) is 4.40. The Bertz CT molecular complexity index is 435. The number of hydrogen-bond acceptors (Lipinski definition) is 2. The number of halogens is 1. The lowest BCUT2D eigenvalue weighted by molar-refractivity contribution is 0.553.